The summed E-state index contributed by atoms with van der Waals surface area (Å²) in [5, 5.41) is 13.3. The van der Waals surface area contributed by atoms with Crippen LogP contribution in [0.1, 0.15) is 45.4 Å². The quantitative estimate of drug-likeness (QED) is 0.719. The first-order chi connectivity index (χ1) is 9.13. The van der Waals surface area contributed by atoms with Gasteiger partial charge in [-0.05, 0) is 37.9 Å². The van der Waals surface area contributed by atoms with Crippen molar-refractivity contribution in [3.8, 4) is 0 Å². The first kappa shape index (κ1) is 15.6. The van der Waals surface area contributed by atoms with E-state index in [-0.39, 0.29) is 6.10 Å². The molecule has 0 heterocycles. The third-order valence-electron chi connectivity index (χ3n) is 4.48. The number of thioether (sulfide) groups is 1. The second-order valence-electron chi connectivity index (χ2n) is 6.40. The van der Waals surface area contributed by atoms with Crippen molar-refractivity contribution in [1.29, 1.82) is 0 Å². The Hall–Kier alpha value is 0.230. The van der Waals surface area contributed by atoms with E-state index in [1.54, 1.807) is 0 Å². The molecule has 0 aromatic rings. The second kappa shape index (κ2) is 7.30. The van der Waals surface area contributed by atoms with Gasteiger partial charge in [-0.3, -0.25) is 0 Å². The highest BCUT2D eigenvalue weighted by molar-refractivity contribution is 8.00. The average Bonchev–Trinajstić information content (AvgIpc) is 3.17. The Morgan fingerprint density at radius 1 is 1.42 bits per heavy atom. The standard InChI is InChI=1S/C15H29NO2S/c1-12-4-3-5-14(8-12)18-10-13(17)9-16-11-15(19-2)6-7-15/h12-14,16-17H,3-11H2,1-2H3. The maximum Gasteiger partial charge on any atom is 0.0897 e. The Labute approximate surface area is 121 Å². The van der Waals surface area contributed by atoms with E-state index in [4.69, 9.17) is 4.74 Å². The minimum Gasteiger partial charge on any atom is -0.389 e. The van der Waals surface area contributed by atoms with Crippen LogP contribution in [0.25, 0.3) is 0 Å². The Kier molecular flexibility index (Phi) is 6.00. The molecule has 3 nitrogen and oxygen atoms in total. The molecule has 2 aliphatic carbocycles. The number of ether oxygens (including phenoxy) is 1. The molecule has 0 saturated heterocycles. The van der Waals surface area contributed by atoms with Crippen molar-refractivity contribution in [3.05, 3.63) is 0 Å². The van der Waals surface area contributed by atoms with E-state index in [9.17, 15) is 5.11 Å². The fraction of sp³-hybridized carbons (Fsp3) is 1.00. The summed E-state index contributed by atoms with van der Waals surface area (Å²) in [7, 11) is 0. The van der Waals surface area contributed by atoms with Gasteiger partial charge >= 0.3 is 0 Å². The monoisotopic (exact) mass is 287 g/mol. The van der Waals surface area contributed by atoms with Crippen molar-refractivity contribution < 1.29 is 9.84 Å². The van der Waals surface area contributed by atoms with Crippen LogP contribution < -0.4 is 5.32 Å². The molecule has 112 valence electrons. The minimum absolute atomic E-state index is 0.366. The van der Waals surface area contributed by atoms with E-state index >= 15 is 0 Å². The summed E-state index contributed by atoms with van der Waals surface area (Å²) in [6.45, 7) is 4.46. The molecule has 2 N–H and O–H groups in total. The Morgan fingerprint density at radius 2 is 2.21 bits per heavy atom. The summed E-state index contributed by atoms with van der Waals surface area (Å²) in [5.74, 6) is 0.783. The molecule has 2 rings (SSSR count). The zero-order valence-corrected chi connectivity index (χ0v) is 13.2. The third-order valence-corrected chi connectivity index (χ3v) is 5.90. The van der Waals surface area contributed by atoms with Crippen LogP contribution in [0.15, 0.2) is 0 Å². The van der Waals surface area contributed by atoms with Crippen LogP contribution in [-0.4, -0.2) is 48.0 Å². The van der Waals surface area contributed by atoms with Crippen LogP contribution in [0.3, 0.4) is 0 Å². The number of hydrogen-bond acceptors (Lipinski definition) is 4. The highest BCUT2D eigenvalue weighted by Gasteiger charge is 2.41. The molecule has 3 atom stereocenters. The first-order valence-electron chi connectivity index (χ1n) is 7.69. The van der Waals surface area contributed by atoms with Crippen LogP contribution >= 0.6 is 11.8 Å². The van der Waals surface area contributed by atoms with Gasteiger partial charge in [0.1, 0.15) is 0 Å². The maximum absolute atomic E-state index is 9.94. The molecule has 2 aliphatic rings. The van der Waals surface area contributed by atoms with Gasteiger partial charge in [0, 0.05) is 17.8 Å². The molecule has 2 saturated carbocycles. The van der Waals surface area contributed by atoms with Gasteiger partial charge in [0.05, 0.1) is 18.8 Å². The molecule has 4 heteroatoms. The fourth-order valence-electron chi connectivity index (χ4n) is 2.90. The topological polar surface area (TPSA) is 41.5 Å². The first-order valence-corrected chi connectivity index (χ1v) is 8.91. The van der Waals surface area contributed by atoms with Crippen molar-refractivity contribution in [2.24, 2.45) is 5.92 Å². The Bertz CT molecular complexity index is 271. The summed E-state index contributed by atoms with van der Waals surface area (Å²) in [6, 6.07) is 0. The smallest absolute Gasteiger partial charge is 0.0897 e. The molecule has 19 heavy (non-hydrogen) atoms. The van der Waals surface area contributed by atoms with Crippen LogP contribution in [0.5, 0.6) is 0 Å². The third kappa shape index (κ3) is 5.25. The number of aliphatic hydroxyl groups excluding tert-OH is 1. The predicted molar refractivity (Wildman–Crippen MR) is 81.7 cm³/mol. The van der Waals surface area contributed by atoms with Crippen LogP contribution in [0, 0.1) is 5.92 Å². The molecular formula is C15H29NO2S. The Balaban J connectivity index is 1.53. The largest absolute Gasteiger partial charge is 0.389 e. The van der Waals surface area contributed by atoms with Crippen LogP contribution in [0.4, 0.5) is 0 Å². The summed E-state index contributed by atoms with van der Waals surface area (Å²) in [4.78, 5) is 0. The normalized spacial score (nSPS) is 31.1. The number of rotatable bonds is 8. The lowest BCUT2D eigenvalue weighted by Gasteiger charge is -2.27. The highest BCUT2D eigenvalue weighted by Crippen LogP contribution is 2.46. The molecule has 0 aliphatic heterocycles. The zero-order chi connectivity index (χ0) is 13.7. The van der Waals surface area contributed by atoms with Crippen LogP contribution in [-0.2, 0) is 4.74 Å². The van der Waals surface area contributed by atoms with Gasteiger partial charge in [-0.15, -0.1) is 0 Å². The zero-order valence-electron chi connectivity index (χ0n) is 12.4. The van der Waals surface area contributed by atoms with Crippen molar-refractivity contribution >= 4 is 11.8 Å². The van der Waals surface area contributed by atoms with E-state index in [0.29, 0.717) is 24.0 Å². The van der Waals surface area contributed by atoms with Crippen LogP contribution in [0.2, 0.25) is 0 Å². The van der Waals surface area contributed by atoms with E-state index < -0.39 is 0 Å². The van der Waals surface area contributed by atoms with Gasteiger partial charge in [0.15, 0.2) is 0 Å². The maximum atomic E-state index is 9.94. The van der Waals surface area contributed by atoms with Crippen molar-refractivity contribution in [1.82, 2.24) is 5.32 Å². The SMILES string of the molecule is CSC1(CNCC(O)COC2CCCC(C)C2)CC1. The van der Waals surface area contributed by atoms with Crippen molar-refractivity contribution in [2.75, 3.05) is 26.0 Å². The highest BCUT2D eigenvalue weighted by atomic mass is 32.2. The lowest BCUT2D eigenvalue weighted by molar-refractivity contribution is -0.0305. The molecule has 0 aromatic heterocycles. The van der Waals surface area contributed by atoms with E-state index in [1.165, 1.54) is 32.1 Å². The summed E-state index contributed by atoms with van der Waals surface area (Å²) < 4.78 is 6.32. The fourth-order valence-corrected chi connectivity index (χ4v) is 3.65. The molecule has 0 spiro atoms. The van der Waals surface area contributed by atoms with E-state index in [1.807, 2.05) is 11.8 Å². The molecule has 3 unspecified atom stereocenters. The summed E-state index contributed by atoms with van der Waals surface area (Å²) >= 11 is 1.95. The van der Waals surface area contributed by atoms with Gasteiger partial charge in [-0.25, -0.2) is 0 Å². The van der Waals surface area contributed by atoms with E-state index in [0.717, 1.165) is 18.9 Å². The van der Waals surface area contributed by atoms with Gasteiger partial charge < -0.3 is 15.2 Å². The molecular weight excluding hydrogens is 258 g/mol. The van der Waals surface area contributed by atoms with Crippen molar-refractivity contribution in [2.45, 2.75) is 62.4 Å². The van der Waals surface area contributed by atoms with Gasteiger partial charge in [-0.2, -0.15) is 11.8 Å². The van der Waals surface area contributed by atoms with Gasteiger partial charge in [0.25, 0.3) is 0 Å². The molecule has 0 radical (unpaired) electrons. The van der Waals surface area contributed by atoms with Gasteiger partial charge in [0.2, 0.25) is 0 Å². The number of nitrogens with one attached hydrogen (secondary N) is 1. The summed E-state index contributed by atoms with van der Waals surface area (Å²) in [6.07, 6.45) is 9.75. The van der Waals surface area contributed by atoms with E-state index in [2.05, 4.69) is 18.5 Å². The molecule has 2 fully saturated rings. The predicted octanol–water partition coefficient (Wildman–Crippen LogP) is 2.43. The lowest BCUT2D eigenvalue weighted by Crippen LogP contribution is -2.36. The minimum atomic E-state index is -0.366. The number of hydrogen-bond donors (Lipinski definition) is 2. The molecule has 0 bridgehead atoms. The lowest BCUT2D eigenvalue weighted by atomic mass is 9.89. The number of aliphatic hydroxyl groups is 1. The molecule has 0 aromatic carbocycles. The summed E-state index contributed by atoms with van der Waals surface area (Å²) in [5.41, 5.74) is 0. The van der Waals surface area contributed by atoms with Gasteiger partial charge in [-0.1, -0.05) is 19.8 Å². The van der Waals surface area contributed by atoms with Crippen molar-refractivity contribution in [3.63, 3.8) is 0 Å². The molecule has 0 amide bonds. The second-order valence-corrected chi connectivity index (χ2v) is 7.67. The average molecular weight is 287 g/mol. The Morgan fingerprint density at radius 3 is 2.84 bits per heavy atom.